The second-order valence-corrected chi connectivity index (χ2v) is 5.15. The molecule has 0 aliphatic carbocycles. The van der Waals surface area contributed by atoms with Gasteiger partial charge in [0.15, 0.2) is 0 Å². The Morgan fingerprint density at radius 1 is 1.41 bits per heavy atom. The van der Waals surface area contributed by atoms with E-state index < -0.39 is 5.67 Å². The van der Waals surface area contributed by atoms with Crippen LogP contribution in [0.2, 0.25) is 0 Å². The molecule has 0 spiro atoms. The lowest BCUT2D eigenvalue weighted by Crippen LogP contribution is -2.34. The molecule has 17 heavy (non-hydrogen) atoms. The van der Waals surface area contributed by atoms with E-state index in [1.807, 2.05) is 25.2 Å². The van der Waals surface area contributed by atoms with Crippen LogP contribution in [0.25, 0.3) is 0 Å². The second-order valence-electron chi connectivity index (χ2n) is 5.15. The van der Waals surface area contributed by atoms with Crippen molar-refractivity contribution in [3.8, 4) is 0 Å². The minimum atomic E-state index is -1.00. The van der Waals surface area contributed by atoms with Crippen molar-refractivity contribution in [2.75, 3.05) is 26.7 Å². The van der Waals surface area contributed by atoms with Crippen LogP contribution in [-0.2, 0) is 0 Å². The highest BCUT2D eigenvalue weighted by Crippen LogP contribution is 2.26. The van der Waals surface area contributed by atoms with E-state index in [1.54, 1.807) is 6.92 Å². The third kappa shape index (κ3) is 3.27. The molecule has 1 heterocycles. The van der Waals surface area contributed by atoms with Crippen LogP contribution < -0.4 is 5.32 Å². The topological polar surface area (TPSA) is 15.3 Å². The smallest absolute Gasteiger partial charge is 0.122 e. The molecule has 2 atom stereocenters. The van der Waals surface area contributed by atoms with E-state index >= 15 is 0 Å². The van der Waals surface area contributed by atoms with Gasteiger partial charge >= 0.3 is 0 Å². The Labute approximate surface area is 103 Å². The molecular formula is C14H21FN2. The molecule has 0 aromatic heterocycles. The molecule has 0 radical (unpaired) electrons. The SMILES string of the molecule is CN[C@H](CN1CCC(C)(F)C1)c1ccccc1. The summed E-state index contributed by atoms with van der Waals surface area (Å²) in [7, 11) is 1.96. The Hall–Kier alpha value is -0.930. The summed E-state index contributed by atoms with van der Waals surface area (Å²) >= 11 is 0. The van der Waals surface area contributed by atoms with Gasteiger partial charge in [0.2, 0.25) is 0 Å². The van der Waals surface area contributed by atoms with Crippen molar-refractivity contribution in [3.63, 3.8) is 0 Å². The third-order valence-corrected chi connectivity index (χ3v) is 3.49. The fourth-order valence-corrected chi connectivity index (χ4v) is 2.48. The average molecular weight is 236 g/mol. The maximum Gasteiger partial charge on any atom is 0.122 e. The zero-order valence-corrected chi connectivity index (χ0v) is 10.6. The van der Waals surface area contributed by atoms with E-state index in [0.29, 0.717) is 13.0 Å². The van der Waals surface area contributed by atoms with E-state index in [4.69, 9.17) is 0 Å². The minimum Gasteiger partial charge on any atom is -0.312 e. The molecule has 1 N–H and O–H groups in total. The van der Waals surface area contributed by atoms with Crippen LogP contribution in [0.3, 0.4) is 0 Å². The summed E-state index contributed by atoms with van der Waals surface area (Å²) in [5.74, 6) is 0. The molecule has 0 amide bonds. The van der Waals surface area contributed by atoms with Crippen LogP contribution in [0.5, 0.6) is 0 Å². The highest BCUT2D eigenvalue weighted by atomic mass is 19.1. The lowest BCUT2D eigenvalue weighted by molar-refractivity contribution is 0.183. The van der Waals surface area contributed by atoms with Gasteiger partial charge in [-0.1, -0.05) is 30.3 Å². The van der Waals surface area contributed by atoms with Gasteiger partial charge in [0.25, 0.3) is 0 Å². The van der Waals surface area contributed by atoms with Gasteiger partial charge in [-0.05, 0) is 26.0 Å². The summed E-state index contributed by atoms with van der Waals surface area (Å²) in [5, 5.41) is 3.31. The summed E-state index contributed by atoms with van der Waals surface area (Å²) < 4.78 is 13.8. The van der Waals surface area contributed by atoms with Gasteiger partial charge in [-0.3, -0.25) is 4.90 Å². The maximum atomic E-state index is 13.8. The molecule has 1 fully saturated rings. The average Bonchev–Trinajstić information content (AvgIpc) is 2.67. The zero-order valence-electron chi connectivity index (χ0n) is 10.6. The second kappa shape index (κ2) is 5.15. The predicted molar refractivity (Wildman–Crippen MR) is 68.8 cm³/mol. The van der Waals surface area contributed by atoms with Crippen LogP contribution >= 0.6 is 0 Å². The molecule has 1 saturated heterocycles. The number of likely N-dealkylation sites (N-methyl/N-ethyl adjacent to an activating group) is 1. The number of nitrogens with one attached hydrogen (secondary N) is 1. The molecule has 0 bridgehead atoms. The first-order chi connectivity index (χ1) is 8.11. The Kier molecular flexibility index (Phi) is 3.79. The van der Waals surface area contributed by atoms with Crippen molar-refractivity contribution < 1.29 is 4.39 Å². The molecular weight excluding hydrogens is 215 g/mol. The summed E-state index contributed by atoms with van der Waals surface area (Å²) in [6.07, 6.45) is 0.651. The van der Waals surface area contributed by atoms with Gasteiger partial charge in [-0.25, -0.2) is 4.39 Å². The Bertz CT molecular complexity index is 350. The number of hydrogen-bond acceptors (Lipinski definition) is 2. The van der Waals surface area contributed by atoms with Gasteiger partial charge < -0.3 is 5.32 Å². The van der Waals surface area contributed by atoms with E-state index in [0.717, 1.165) is 13.1 Å². The summed E-state index contributed by atoms with van der Waals surface area (Å²) in [5.41, 5.74) is 0.261. The number of likely N-dealkylation sites (tertiary alicyclic amines) is 1. The number of hydrogen-bond donors (Lipinski definition) is 1. The lowest BCUT2D eigenvalue weighted by Gasteiger charge is -2.24. The number of alkyl halides is 1. The van der Waals surface area contributed by atoms with Crippen molar-refractivity contribution in [2.24, 2.45) is 0 Å². The van der Waals surface area contributed by atoms with Crippen LogP contribution in [0.4, 0.5) is 4.39 Å². The highest BCUT2D eigenvalue weighted by Gasteiger charge is 2.34. The molecule has 1 aromatic rings. The Morgan fingerprint density at radius 3 is 2.65 bits per heavy atom. The van der Waals surface area contributed by atoms with Gasteiger partial charge in [-0.15, -0.1) is 0 Å². The summed E-state index contributed by atoms with van der Waals surface area (Å²) in [6, 6.07) is 10.6. The number of nitrogens with zero attached hydrogens (tertiary/aromatic N) is 1. The van der Waals surface area contributed by atoms with Crippen LogP contribution in [0.1, 0.15) is 24.9 Å². The van der Waals surface area contributed by atoms with Gasteiger partial charge in [-0.2, -0.15) is 0 Å². The molecule has 1 unspecified atom stereocenters. The predicted octanol–water partition coefficient (Wildman–Crippen LogP) is 2.38. The standard InChI is InChI=1S/C14H21FN2/c1-14(15)8-9-17(11-14)10-13(16-2)12-6-4-3-5-7-12/h3-7,13,16H,8-11H2,1-2H3/t13-,14?/m1/s1. The quantitative estimate of drug-likeness (QED) is 0.863. The van der Waals surface area contributed by atoms with E-state index in [-0.39, 0.29) is 6.04 Å². The molecule has 1 aliphatic heterocycles. The monoisotopic (exact) mass is 236 g/mol. The molecule has 2 rings (SSSR count). The number of rotatable bonds is 4. The van der Waals surface area contributed by atoms with Gasteiger partial charge in [0.1, 0.15) is 5.67 Å². The molecule has 0 saturated carbocycles. The van der Waals surface area contributed by atoms with Gasteiger partial charge in [0, 0.05) is 25.7 Å². The van der Waals surface area contributed by atoms with Crippen LogP contribution in [0, 0.1) is 0 Å². The van der Waals surface area contributed by atoms with Crippen molar-refractivity contribution in [1.29, 1.82) is 0 Å². The van der Waals surface area contributed by atoms with E-state index in [1.165, 1.54) is 5.56 Å². The van der Waals surface area contributed by atoms with Crippen molar-refractivity contribution in [2.45, 2.75) is 25.1 Å². The third-order valence-electron chi connectivity index (χ3n) is 3.49. The summed E-state index contributed by atoms with van der Waals surface area (Å²) in [4.78, 5) is 2.20. The molecule has 1 aromatic carbocycles. The van der Waals surface area contributed by atoms with E-state index in [9.17, 15) is 4.39 Å². The van der Waals surface area contributed by atoms with Crippen molar-refractivity contribution in [3.05, 3.63) is 35.9 Å². The molecule has 94 valence electrons. The normalized spacial score (nSPS) is 27.2. The number of benzene rings is 1. The van der Waals surface area contributed by atoms with Gasteiger partial charge in [0.05, 0.1) is 0 Å². The van der Waals surface area contributed by atoms with Crippen molar-refractivity contribution in [1.82, 2.24) is 10.2 Å². The largest absolute Gasteiger partial charge is 0.312 e. The molecule has 2 nitrogen and oxygen atoms in total. The fraction of sp³-hybridized carbons (Fsp3) is 0.571. The first-order valence-corrected chi connectivity index (χ1v) is 6.24. The summed E-state index contributed by atoms with van der Waals surface area (Å²) in [6.45, 7) is 3.99. The highest BCUT2D eigenvalue weighted by molar-refractivity contribution is 5.19. The zero-order chi connectivity index (χ0) is 12.3. The molecule has 1 aliphatic rings. The molecule has 3 heteroatoms. The Balaban J connectivity index is 1.97. The lowest BCUT2D eigenvalue weighted by atomic mass is 10.1. The Morgan fingerprint density at radius 2 is 2.12 bits per heavy atom. The van der Waals surface area contributed by atoms with Crippen LogP contribution in [0.15, 0.2) is 30.3 Å². The van der Waals surface area contributed by atoms with Crippen LogP contribution in [-0.4, -0.2) is 37.3 Å². The number of halogens is 1. The first kappa shape index (κ1) is 12.5. The van der Waals surface area contributed by atoms with E-state index in [2.05, 4.69) is 22.3 Å². The first-order valence-electron chi connectivity index (χ1n) is 6.24. The van der Waals surface area contributed by atoms with Crippen molar-refractivity contribution >= 4 is 0 Å². The maximum absolute atomic E-state index is 13.8. The minimum absolute atomic E-state index is 0.282. The fourth-order valence-electron chi connectivity index (χ4n) is 2.48.